The van der Waals surface area contributed by atoms with Crippen LogP contribution in [-0.2, 0) is 18.4 Å². The van der Waals surface area contributed by atoms with E-state index in [9.17, 15) is 24.5 Å². The largest absolute Gasteiger partial charge is 0.472 e. The Morgan fingerprint density at radius 3 is 1.66 bits per heavy atom. The number of hydrogen-bond donors (Lipinski definition) is 5. The summed E-state index contributed by atoms with van der Waals surface area (Å²) in [6.45, 7) is 3.91. The summed E-state index contributed by atoms with van der Waals surface area (Å²) >= 11 is 0. The maximum absolute atomic E-state index is 12.8. The van der Waals surface area contributed by atoms with Crippen LogP contribution in [0.15, 0.2) is 36.5 Å². The lowest BCUT2D eigenvalue weighted by molar-refractivity contribution is -0.124. The third kappa shape index (κ3) is 33.8. The first kappa shape index (κ1) is 48.7. The number of phosphoric ester groups is 1. The van der Waals surface area contributed by atoms with Crippen molar-refractivity contribution in [2.45, 2.75) is 193 Å². The van der Waals surface area contributed by atoms with Crippen LogP contribution in [0.2, 0.25) is 0 Å². The number of allylic oxidation sites excluding steroid dienone is 5. The van der Waals surface area contributed by atoms with Gasteiger partial charge in [-0.3, -0.25) is 13.8 Å². The van der Waals surface area contributed by atoms with Crippen LogP contribution in [-0.4, -0.2) is 59.0 Å². The number of aliphatic hydroxyl groups excluding tert-OH is 2. The number of phosphoric acid groups is 1. The lowest BCUT2D eigenvalue weighted by atomic mass is 10.0. The summed E-state index contributed by atoms with van der Waals surface area (Å²) in [7, 11) is -4.40. The number of nitrogens with two attached hydrogens (primary N) is 1. The number of amides is 1. The minimum absolute atomic E-state index is 0.0425. The molecule has 50 heavy (non-hydrogen) atoms. The Labute approximate surface area is 306 Å². The van der Waals surface area contributed by atoms with Gasteiger partial charge in [0.25, 0.3) is 0 Å². The summed E-state index contributed by atoms with van der Waals surface area (Å²) in [6.07, 6.45) is 38.0. The molecule has 0 aromatic carbocycles. The van der Waals surface area contributed by atoms with Gasteiger partial charge in [-0.15, -0.1) is 0 Å². The molecule has 0 aliphatic rings. The van der Waals surface area contributed by atoms with Crippen molar-refractivity contribution in [1.29, 1.82) is 0 Å². The van der Waals surface area contributed by atoms with E-state index in [-0.39, 0.29) is 19.6 Å². The highest BCUT2D eigenvalue weighted by atomic mass is 31.2. The first-order valence-electron chi connectivity index (χ1n) is 20.2. The molecular weight excluding hydrogens is 651 g/mol. The lowest BCUT2D eigenvalue weighted by Crippen LogP contribution is -2.46. The molecule has 0 heterocycles. The molecule has 10 heteroatoms. The molecule has 4 atom stereocenters. The predicted molar refractivity (Wildman–Crippen MR) is 209 cm³/mol. The van der Waals surface area contributed by atoms with Gasteiger partial charge in [-0.2, -0.15) is 0 Å². The molecule has 0 radical (unpaired) electrons. The topological polar surface area (TPSA) is 151 Å². The maximum atomic E-state index is 12.8. The number of carbonyl (C=O) groups is 1. The van der Waals surface area contributed by atoms with Crippen molar-refractivity contribution < 1.29 is 33.5 Å². The standard InChI is InChI=1S/C40H77N2O7P/c1-3-5-7-9-11-13-15-17-18-19-20-21-23-25-27-29-31-37(43)35-40(45)42-38(36-49-50(46,47)48-34-33-41)39(44)32-30-28-26-24-22-16-14-12-10-8-6-4-2/h20-22,24,30,32,37-39,43-44H,3-19,23,25-29,31,33-36,41H2,1-2H3,(H,42,45)(H,46,47)/b21-20-,24-22+,32-30+. The molecule has 0 saturated heterocycles. The Balaban J connectivity index is 4.42. The van der Waals surface area contributed by atoms with Gasteiger partial charge in [0.05, 0.1) is 37.9 Å². The van der Waals surface area contributed by atoms with Crippen LogP contribution in [0.3, 0.4) is 0 Å². The SMILES string of the molecule is CCCCCCCC/C=C/CC/C=C/C(O)C(COP(=O)(O)OCCN)NC(=O)CC(O)CCCCC/C=C\CCCCCCCCCCC. The zero-order valence-electron chi connectivity index (χ0n) is 32.0. The van der Waals surface area contributed by atoms with Crippen molar-refractivity contribution in [3.63, 3.8) is 0 Å². The number of unbranched alkanes of at least 4 members (excludes halogenated alkanes) is 19. The second-order valence-corrected chi connectivity index (χ2v) is 15.1. The maximum Gasteiger partial charge on any atom is 0.472 e. The minimum atomic E-state index is -4.40. The molecule has 0 spiro atoms. The highest BCUT2D eigenvalue weighted by Gasteiger charge is 2.27. The molecule has 0 aromatic heterocycles. The minimum Gasteiger partial charge on any atom is -0.393 e. The fourth-order valence-corrected chi connectivity index (χ4v) is 6.41. The average Bonchev–Trinajstić information content (AvgIpc) is 3.09. The average molecular weight is 729 g/mol. The zero-order chi connectivity index (χ0) is 37.0. The van der Waals surface area contributed by atoms with E-state index in [1.807, 2.05) is 6.08 Å². The van der Waals surface area contributed by atoms with Crippen LogP contribution in [0.5, 0.6) is 0 Å². The second-order valence-electron chi connectivity index (χ2n) is 13.7. The van der Waals surface area contributed by atoms with Crippen LogP contribution in [0, 0.1) is 0 Å². The zero-order valence-corrected chi connectivity index (χ0v) is 32.9. The van der Waals surface area contributed by atoms with Gasteiger partial charge in [-0.25, -0.2) is 4.57 Å². The Kier molecular flexibility index (Phi) is 35.1. The molecule has 0 fully saturated rings. The van der Waals surface area contributed by atoms with Crippen LogP contribution < -0.4 is 11.1 Å². The molecule has 0 aromatic rings. The van der Waals surface area contributed by atoms with Gasteiger partial charge >= 0.3 is 7.82 Å². The quantitative estimate of drug-likeness (QED) is 0.0241. The molecule has 4 unspecified atom stereocenters. The number of carbonyl (C=O) groups excluding carboxylic acids is 1. The molecule has 294 valence electrons. The van der Waals surface area contributed by atoms with E-state index in [1.165, 1.54) is 96.3 Å². The number of nitrogens with one attached hydrogen (secondary N) is 1. The van der Waals surface area contributed by atoms with Crippen molar-refractivity contribution in [2.75, 3.05) is 19.8 Å². The van der Waals surface area contributed by atoms with Crippen molar-refractivity contribution in [2.24, 2.45) is 5.73 Å². The molecule has 0 bridgehead atoms. The second kappa shape index (κ2) is 36.1. The molecular formula is C40H77N2O7P. The Hall–Kier alpha value is -1.32. The number of hydrogen-bond acceptors (Lipinski definition) is 7. The molecule has 0 aliphatic carbocycles. The van der Waals surface area contributed by atoms with Gasteiger partial charge in [0.1, 0.15) is 0 Å². The van der Waals surface area contributed by atoms with Gasteiger partial charge in [0.2, 0.25) is 5.91 Å². The highest BCUT2D eigenvalue weighted by molar-refractivity contribution is 7.47. The lowest BCUT2D eigenvalue weighted by Gasteiger charge is -2.24. The molecule has 0 saturated carbocycles. The monoisotopic (exact) mass is 729 g/mol. The van der Waals surface area contributed by atoms with E-state index in [0.717, 1.165) is 44.9 Å². The van der Waals surface area contributed by atoms with Crippen LogP contribution in [0.25, 0.3) is 0 Å². The van der Waals surface area contributed by atoms with Crippen LogP contribution in [0.1, 0.15) is 174 Å². The highest BCUT2D eigenvalue weighted by Crippen LogP contribution is 2.43. The summed E-state index contributed by atoms with van der Waals surface area (Å²) in [5.74, 6) is -0.466. The summed E-state index contributed by atoms with van der Waals surface area (Å²) in [5.41, 5.74) is 5.34. The number of rotatable bonds is 37. The summed E-state index contributed by atoms with van der Waals surface area (Å²) < 4.78 is 22.0. The van der Waals surface area contributed by atoms with E-state index >= 15 is 0 Å². The molecule has 0 rings (SSSR count). The Bertz CT molecular complexity index is 899. The van der Waals surface area contributed by atoms with Crippen LogP contribution in [0.4, 0.5) is 0 Å². The van der Waals surface area contributed by atoms with Gasteiger partial charge < -0.3 is 26.2 Å². The Morgan fingerprint density at radius 1 is 0.680 bits per heavy atom. The van der Waals surface area contributed by atoms with Crippen molar-refractivity contribution in [1.82, 2.24) is 5.32 Å². The number of aliphatic hydroxyl groups is 2. The third-order valence-corrected chi connectivity index (χ3v) is 9.73. The predicted octanol–water partition coefficient (Wildman–Crippen LogP) is 9.75. The van der Waals surface area contributed by atoms with E-state index < -0.39 is 38.6 Å². The van der Waals surface area contributed by atoms with E-state index in [4.69, 9.17) is 14.8 Å². The fraction of sp³-hybridized carbons (Fsp3) is 0.825. The molecule has 1 amide bonds. The molecule has 9 nitrogen and oxygen atoms in total. The third-order valence-electron chi connectivity index (χ3n) is 8.74. The van der Waals surface area contributed by atoms with Gasteiger partial charge in [-0.1, -0.05) is 147 Å². The van der Waals surface area contributed by atoms with Gasteiger partial charge in [0.15, 0.2) is 0 Å². The van der Waals surface area contributed by atoms with Crippen LogP contribution >= 0.6 is 7.82 Å². The first-order chi connectivity index (χ1) is 24.3. The van der Waals surface area contributed by atoms with Gasteiger partial charge in [-0.05, 0) is 57.8 Å². The van der Waals surface area contributed by atoms with Crippen molar-refractivity contribution >= 4 is 13.7 Å². The normalized spacial score (nSPS) is 15.2. The molecule has 0 aliphatic heterocycles. The van der Waals surface area contributed by atoms with E-state index in [0.29, 0.717) is 12.8 Å². The first-order valence-corrected chi connectivity index (χ1v) is 21.7. The Morgan fingerprint density at radius 2 is 1.14 bits per heavy atom. The van der Waals surface area contributed by atoms with Crippen molar-refractivity contribution in [3.05, 3.63) is 36.5 Å². The smallest absolute Gasteiger partial charge is 0.393 e. The van der Waals surface area contributed by atoms with Crippen molar-refractivity contribution in [3.8, 4) is 0 Å². The van der Waals surface area contributed by atoms with E-state index in [2.05, 4.69) is 43.5 Å². The van der Waals surface area contributed by atoms with E-state index in [1.54, 1.807) is 6.08 Å². The summed E-state index contributed by atoms with van der Waals surface area (Å²) in [5, 5.41) is 23.9. The summed E-state index contributed by atoms with van der Waals surface area (Å²) in [6, 6.07) is -1.00. The summed E-state index contributed by atoms with van der Waals surface area (Å²) in [4.78, 5) is 22.7. The molecule has 6 N–H and O–H groups in total. The fourth-order valence-electron chi connectivity index (χ4n) is 5.66. The van der Waals surface area contributed by atoms with Gasteiger partial charge in [0, 0.05) is 6.54 Å².